The topological polar surface area (TPSA) is 40.5 Å². The quantitative estimate of drug-likeness (QED) is 0.762. The van der Waals surface area contributed by atoms with E-state index in [1.54, 1.807) is 0 Å². The minimum absolute atomic E-state index is 0.319. The predicted molar refractivity (Wildman–Crippen MR) is 60.9 cm³/mol. The molecular weight excluding hydrogens is 190 g/mol. The molecule has 0 heterocycles. The van der Waals surface area contributed by atoms with E-state index in [-0.39, 0.29) is 6.04 Å². The smallest absolute Gasteiger partial charge is 0.320 e. The summed E-state index contributed by atoms with van der Waals surface area (Å²) in [7, 11) is 1.95. The average molecular weight is 213 g/mol. The number of likely N-dealkylation sites (N-methyl/N-ethyl adjacent to an activating group) is 1. The molecule has 1 aliphatic carbocycles. The molecule has 3 heteroatoms. The van der Waals surface area contributed by atoms with E-state index < -0.39 is 5.97 Å². The maximum atomic E-state index is 11.0. The molecule has 0 aromatic carbocycles. The number of carboxylic acids is 1. The molecule has 0 amide bonds. The molecule has 1 rings (SSSR count). The Morgan fingerprint density at radius 2 is 2.00 bits per heavy atom. The molecule has 0 aliphatic heterocycles. The summed E-state index contributed by atoms with van der Waals surface area (Å²) in [5.41, 5.74) is 0. The van der Waals surface area contributed by atoms with E-state index in [1.807, 2.05) is 18.9 Å². The fraction of sp³-hybridized carbons (Fsp3) is 0.917. The van der Waals surface area contributed by atoms with Gasteiger partial charge in [0.1, 0.15) is 6.04 Å². The molecular formula is C12H23NO2. The summed E-state index contributed by atoms with van der Waals surface area (Å²) in [4.78, 5) is 13.1. The van der Waals surface area contributed by atoms with E-state index >= 15 is 0 Å². The first-order valence-electron chi connectivity index (χ1n) is 6.02. The lowest BCUT2D eigenvalue weighted by Crippen LogP contribution is -2.45. The van der Waals surface area contributed by atoms with Crippen LogP contribution in [-0.4, -0.2) is 35.1 Å². The van der Waals surface area contributed by atoms with Crippen LogP contribution in [-0.2, 0) is 4.79 Å². The molecule has 15 heavy (non-hydrogen) atoms. The second-order valence-corrected chi connectivity index (χ2v) is 4.71. The third-order valence-corrected chi connectivity index (χ3v) is 3.89. The number of carboxylic acid groups (broad SMARTS) is 1. The predicted octanol–water partition coefficient (Wildman–Crippen LogP) is 2.36. The van der Waals surface area contributed by atoms with Gasteiger partial charge in [0.05, 0.1) is 0 Å². The molecule has 2 unspecified atom stereocenters. The van der Waals surface area contributed by atoms with Crippen LogP contribution < -0.4 is 0 Å². The lowest BCUT2D eigenvalue weighted by atomic mass is 9.97. The summed E-state index contributed by atoms with van der Waals surface area (Å²) in [6.07, 6.45) is 5.84. The van der Waals surface area contributed by atoms with Crippen molar-refractivity contribution >= 4 is 5.97 Å². The van der Waals surface area contributed by atoms with Gasteiger partial charge in [0.15, 0.2) is 0 Å². The van der Waals surface area contributed by atoms with Gasteiger partial charge in [0.25, 0.3) is 0 Å². The fourth-order valence-corrected chi connectivity index (χ4v) is 2.69. The van der Waals surface area contributed by atoms with E-state index in [0.717, 1.165) is 0 Å². The van der Waals surface area contributed by atoms with Crippen LogP contribution in [0.1, 0.15) is 46.0 Å². The summed E-state index contributed by atoms with van der Waals surface area (Å²) in [6.45, 7) is 4.11. The minimum Gasteiger partial charge on any atom is -0.480 e. The van der Waals surface area contributed by atoms with Crippen LogP contribution in [0.2, 0.25) is 0 Å². The van der Waals surface area contributed by atoms with E-state index in [2.05, 4.69) is 6.92 Å². The molecule has 0 saturated heterocycles. The van der Waals surface area contributed by atoms with Crippen LogP contribution in [0, 0.1) is 5.92 Å². The monoisotopic (exact) mass is 213 g/mol. The van der Waals surface area contributed by atoms with E-state index in [4.69, 9.17) is 5.11 Å². The van der Waals surface area contributed by atoms with Crippen LogP contribution in [0.4, 0.5) is 0 Å². The summed E-state index contributed by atoms with van der Waals surface area (Å²) in [6, 6.07) is 0.0779. The number of rotatable bonds is 5. The van der Waals surface area contributed by atoms with Crippen molar-refractivity contribution in [3.05, 3.63) is 0 Å². The molecule has 0 spiro atoms. The van der Waals surface area contributed by atoms with Crippen molar-refractivity contribution < 1.29 is 9.90 Å². The van der Waals surface area contributed by atoms with Crippen molar-refractivity contribution in [1.29, 1.82) is 0 Å². The van der Waals surface area contributed by atoms with Crippen molar-refractivity contribution in [3.8, 4) is 0 Å². The van der Waals surface area contributed by atoms with Crippen LogP contribution in [0.5, 0.6) is 0 Å². The van der Waals surface area contributed by atoms with Gasteiger partial charge in [0.2, 0.25) is 0 Å². The highest BCUT2D eigenvalue weighted by Crippen LogP contribution is 2.30. The van der Waals surface area contributed by atoms with Gasteiger partial charge in [-0.15, -0.1) is 0 Å². The second-order valence-electron chi connectivity index (χ2n) is 4.71. The molecule has 88 valence electrons. The fourth-order valence-electron chi connectivity index (χ4n) is 2.69. The first-order chi connectivity index (χ1) is 7.07. The van der Waals surface area contributed by atoms with Gasteiger partial charge < -0.3 is 5.11 Å². The van der Waals surface area contributed by atoms with E-state index in [1.165, 1.54) is 25.7 Å². The number of carbonyl (C=O) groups is 1. The summed E-state index contributed by atoms with van der Waals surface area (Å²) >= 11 is 0. The van der Waals surface area contributed by atoms with Gasteiger partial charge in [0, 0.05) is 6.04 Å². The lowest BCUT2D eigenvalue weighted by Gasteiger charge is -2.33. The summed E-state index contributed by atoms with van der Waals surface area (Å²) in [5.74, 6) is 0.00764. The van der Waals surface area contributed by atoms with Gasteiger partial charge in [-0.3, -0.25) is 9.69 Å². The summed E-state index contributed by atoms with van der Waals surface area (Å²) < 4.78 is 0. The molecule has 2 atom stereocenters. The molecule has 3 nitrogen and oxygen atoms in total. The number of hydrogen-bond donors (Lipinski definition) is 1. The Hall–Kier alpha value is -0.570. The van der Waals surface area contributed by atoms with Crippen molar-refractivity contribution in [2.45, 2.75) is 58.0 Å². The molecule has 1 aliphatic rings. The average Bonchev–Trinajstić information content (AvgIpc) is 2.69. The Bertz CT molecular complexity index is 212. The van der Waals surface area contributed by atoms with Gasteiger partial charge in [-0.2, -0.15) is 0 Å². The Balaban J connectivity index is 2.56. The van der Waals surface area contributed by atoms with Gasteiger partial charge in [-0.1, -0.05) is 19.8 Å². The molecule has 1 N–H and O–H groups in total. The number of hydrogen-bond acceptors (Lipinski definition) is 2. The first kappa shape index (κ1) is 12.5. The molecule has 0 aromatic heterocycles. The standard InChI is InChI=1S/C12H23NO2/c1-4-11(12(14)15)13(3)9(2)10-7-5-6-8-10/h9-11H,4-8H2,1-3H3,(H,14,15). The largest absolute Gasteiger partial charge is 0.480 e. The second kappa shape index (κ2) is 5.50. The maximum Gasteiger partial charge on any atom is 0.320 e. The van der Waals surface area contributed by atoms with E-state index in [0.29, 0.717) is 18.4 Å². The highest BCUT2D eigenvalue weighted by Gasteiger charge is 2.30. The van der Waals surface area contributed by atoms with Gasteiger partial charge >= 0.3 is 5.97 Å². The number of nitrogens with zero attached hydrogens (tertiary/aromatic N) is 1. The molecule has 0 bridgehead atoms. The highest BCUT2D eigenvalue weighted by molar-refractivity contribution is 5.73. The third-order valence-electron chi connectivity index (χ3n) is 3.89. The lowest BCUT2D eigenvalue weighted by molar-refractivity contribution is -0.144. The van der Waals surface area contributed by atoms with Crippen molar-refractivity contribution in [3.63, 3.8) is 0 Å². The van der Waals surface area contributed by atoms with Crippen LogP contribution in [0.15, 0.2) is 0 Å². The van der Waals surface area contributed by atoms with E-state index in [9.17, 15) is 4.79 Å². The Kier molecular flexibility index (Phi) is 4.58. The third kappa shape index (κ3) is 2.94. The van der Waals surface area contributed by atoms with Gasteiger partial charge in [-0.05, 0) is 39.2 Å². The molecule has 1 fully saturated rings. The molecule has 0 radical (unpaired) electrons. The van der Waals surface area contributed by atoms with Crippen LogP contribution >= 0.6 is 0 Å². The van der Waals surface area contributed by atoms with Crippen molar-refractivity contribution in [1.82, 2.24) is 4.90 Å². The zero-order valence-corrected chi connectivity index (χ0v) is 10.1. The Morgan fingerprint density at radius 3 is 2.40 bits per heavy atom. The zero-order valence-electron chi connectivity index (χ0n) is 10.1. The Labute approximate surface area is 92.5 Å². The highest BCUT2D eigenvalue weighted by atomic mass is 16.4. The van der Waals surface area contributed by atoms with Crippen LogP contribution in [0.25, 0.3) is 0 Å². The van der Waals surface area contributed by atoms with Crippen molar-refractivity contribution in [2.75, 3.05) is 7.05 Å². The number of aliphatic carboxylic acids is 1. The maximum absolute atomic E-state index is 11.0. The van der Waals surface area contributed by atoms with Crippen LogP contribution in [0.3, 0.4) is 0 Å². The van der Waals surface area contributed by atoms with Gasteiger partial charge in [-0.25, -0.2) is 0 Å². The zero-order chi connectivity index (χ0) is 11.4. The SMILES string of the molecule is CCC(C(=O)O)N(C)C(C)C1CCCC1. The molecule has 1 saturated carbocycles. The first-order valence-corrected chi connectivity index (χ1v) is 6.02. The summed E-state index contributed by atoms with van der Waals surface area (Å²) in [5, 5.41) is 9.09. The minimum atomic E-state index is -0.690. The van der Waals surface area contributed by atoms with Crippen molar-refractivity contribution in [2.24, 2.45) is 5.92 Å². The Morgan fingerprint density at radius 1 is 1.47 bits per heavy atom. The molecule has 0 aromatic rings. The normalized spacial score (nSPS) is 21.9.